The molecule has 4 rings (SSSR count). The molecule has 19 heteroatoms. The van der Waals surface area contributed by atoms with Gasteiger partial charge in [0.25, 0.3) is 5.95 Å². The second-order valence-electron chi connectivity index (χ2n) is 12.6. The average molecular weight is 798 g/mol. The Labute approximate surface area is 304 Å². The smallest absolute Gasteiger partial charge is 0.489 e. The molecule has 0 spiro atoms. The Kier molecular flexibility index (Phi) is 12.6. The van der Waals surface area contributed by atoms with E-state index in [1.807, 2.05) is 25.9 Å². The third-order valence-electron chi connectivity index (χ3n) is 6.98. The van der Waals surface area contributed by atoms with Gasteiger partial charge in [-0.3, -0.25) is 4.98 Å². The Bertz CT molecular complexity index is 1930. The molecule has 4 aromatic rings. The van der Waals surface area contributed by atoms with E-state index >= 15 is 4.39 Å². The minimum atomic E-state index is -5.41. The summed E-state index contributed by atoms with van der Waals surface area (Å²) in [6, 6.07) is 7.97. The van der Waals surface area contributed by atoms with Crippen LogP contribution in [0.3, 0.4) is 0 Å². The van der Waals surface area contributed by atoms with Crippen molar-refractivity contribution in [2.24, 2.45) is 0 Å². The average Bonchev–Trinajstić information content (AvgIpc) is 3.45. The SMILES string of the molecule is CCc1cc(OCCN(C)C)c(F)c(C(Nc2ccc(Br)c(CN(OC(=O)C(F)(F)F)C(=O)OC(C)(C)C)c2)c2nn(-c3ncccn3)c(=O)[nH]2)c1. The van der Waals surface area contributed by atoms with Gasteiger partial charge < -0.3 is 24.5 Å². The van der Waals surface area contributed by atoms with Gasteiger partial charge in [-0.25, -0.2) is 28.7 Å². The maximum atomic E-state index is 16.4. The number of benzene rings is 2. The second kappa shape index (κ2) is 16.5. The van der Waals surface area contributed by atoms with E-state index < -0.39 is 47.9 Å². The van der Waals surface area contributed by atoms with E-state index in [2.05, 4.69) is 46.1 Å². The largest absolute Gasteiger partial charge is 0.493 e. The Hall–Kier alpha value is -5.04. The highest BCUT2D eigenvalue weighted by Gasteiger charge is 2.44. The van der Waals surface area contributed by atoms with Crippen molar-refractivity contribution in [2.75, 3.05) is 32.6 Å². The number of carbonyl (C=O) groups is 2. The summed E-state index contributed by atoms with van der Waals surface area (Å²) in [6.45, 7) is 6.30. The molecule has 1 atom stereocenters. The van der Waals surface area contributed by atoms with Crippen LogP contribution in [0.15, 0.2) is 58.1 Å². The molecule has 0 aliphatic carbocycles. The Morgan fingerprint density at radius 1 is 1.10 bits per heavy atom. The van der Waals surface area contributed by atoms with Crippen molar-refractivity contribution in [3.8, 4) is 11.7 Å². The summed E-state index contributed by atoms with van der Waals surface area (Å²) in [5.74, 6) is -3.52. The van der Waals surface area contributed by atoms with Gasteiger partial charge in [-0.15, -0.1) is 14.8 Å². The molecular weight excluding hydrogens is 760 g/mol. The minimum Gasteiger partial charge on any atom is -0.489 e. The van der Waals surface area contributed by atoms with E-state index in [0.717, 1.165) is 4.68 Å². The third kappa shape index (κ3) is 10.5. The highest BCUT2D eigenvalue weighted by molar-refractivity contribution is 9.10. The summed E-state index contributed by atoms with van der Waals surface area (Å²) < 4.78 is 68.1. The number of H-pyrrole nitrogens is 1. The first-order valence-electron chi connectivity index (χ1n) is 15.8. The first-order valence-corrected chi connectivity index (χ1v) is 16.6. The number of hydrogen-bond acceptors (Lipinski definition) is 11. The molecule has 1 amide bonds. The van der Waals surface area contributed by atoms with Gasteiger partial charge in [0.05, 0.1) is 6.54 Å². The predicted octanol–water partition coefficient (Wildman–Crippen LogP) is 5.71. The van der Waals surface area contributed by atoms with Crippen LogP contribution in [0.2, 0.25) is 0 Å². The predicted molar refractivity (Wildman–Crippen MR) is 183 cm³/mol. The molecule has 1 unspecified atom stereocenters. The van der Waals surface area contributed by atoms with Crippen molar-refractivity contribution in [3.05, 3.63) is 92.1 Å². The van der Waals surface area contributed by atoms with Crippen LogP contribution in [0.5, 0.6) is 5.75 Å². The van der Waals surface area contributed by atoms with E-state index in [9.17, 15) is 27.6 Å². The molecular formula is C33H37BrF4N8O6. The van der Waals surface area contributed by atoms with E-state index in [1.165, 1.54) is 45.3 Å². The topological polar surface area (TPSA) is 157 Å². The second-order valence-corrected chi connectivity index (χ2v) is 13.4. The highest BCUT2D eigenvalue weighted by Crippen LogP contribution is 2.34. The van der Waals surface area contributed by atoms with Crippen LogP contribution in [0.4, 0.5) is 28.0 Å². The summed E-state index contributed by atoms with van der Waals surface area (Å²) in [5, 5.41) is 7.65. The lowest BCUT2D eigenvalue weighted by Gasteiger charge is -2.27. The Balaban J connectivity index is 1.80. The number of rotatable bonds is 12. The standard InChI is InChI=1S/C33H37BrF4N8O6/c1-7-19-15-22(25(35)24(16-19)50-14-13-44(5)6)26(27-42-30(48)46(43-27)29-39-11-8-12-40-29)41-21-9-10-23(34)20(17-21)18-45(31(49)51-32(2,3)4)52-28(47)33(36,37)38/h8-12,15-17,26,41H,7,13-14,18H2,1-6H3,(H,42,43,48). The fourth-order valence-electron chi connectivity index (χ4n) is 4.54. The fourth-order valence-corrected chi connectivity index (χ4v) is 4.91. The molecule has 52 heavy (non-hydrogen) atoms. The zero-order valence-corrected chi connectivity index (χ0v) is 30.6. The van der Waals surface area contributed by atoms with Crippen LogP contribution < -0.4 is 15.7 Å². The molecule has 0 aliphatic rings. The van der Waals surface area contributed by atoms with Crippen molar-refractivity contribution in [1.82, 2.24) is 34.7 Å². The monoisotopic (exact) mass is 796 g/mol. The number of hydrogen-bond donors (Lipinski definition) is 2. The number of anilines is 1. The first kappa shape index (κ1) is 39.7. The summed E-state index contributed by atoms with van der Waals surface area (Å²) in [4.78, 5) is 54.8. The van der Waals surface area contributed by atoms with E-state index in [1.54, 1.807) is 24.3 Å². The normalized spacial score (nSPS) is 12.4. The molecule has 2 heterocycles. The van der Waals surface area contributed by atoms with Crippen LogP contribution in [0, 0.1) is 5.82 Å². The molecule has 14 nitrogen and oxygen atoms in total. The number of carbonyl (C=O) groups excluding carboxylic acids is 2. The number of ether oxygens (including phenoxy) is 2. The van der Waals surface area contributed by atoms with E-state index in [0.29, 0.717) is 23.0 Å². The Morgan fingerprint density at radius 2 is 1.79 bits per heavy atom. The number of halogens is 5. The van der Waals surface area contributed by atoms with Crippen LogP contribution in [-0.2, 0) is 27.3 Å². The van der Waals surface area contributed by atoms with Crippen LogP contribution >= 0.6 is 15.9 Å². The molecule has 2 aromatic carbocycles. The fraction of sp³-hybridized carbons (Fsp3) is 0.394. The maximum absolute atomic E-state index is 16.4. The molecule has 0 fully saturated rings. The zero-order chi connectivity index (χ0) is 38.4. The summed E-state index contributed by atoms with van der Waals surface area (Å²) in [7, 11) is 3.69. The number of aromatic amines is 1. The highest BCUT2D eigenvalue weighted by atomic mass is 79.9. The minimum absolute atomic E-state index is 0.0350. The number of aromatic nitrogens is 5. The molecule has 280 valence electrons. The molecule has 0 saturated heterocycles. The molecule has 0 aliphatic heterocycles. The van der Waals surface area contributed by atoms with Crippen molar-refractivity contribution >= 4 is 33.7 Å². The van der Waals surface area contributed by atoms with Crippen molar-refractivity contribution < 1.29 is 41.5 Å². The van der Waals surface area contributed by atoms with Gasteiger partial charge in [-0.05, 0) is 82.7 Å². The number of amides is 1. The van der Waals surface area contributed by atoms with Crippen LogP contribution in [-0.4, -0.2) is 85.8 Å². The van der Waals surface area contributed by atoms with Gasteiger partial charge in [-0.1, -0.05) is 28.9 Å². The third-order valence-corrected chi connectivity index (χ3v) is 7.76. The summed E-state index contributed by atoms with van der Waals surface area (Å²) in [6.07, 6.45) is -3.45. The molecule has 0 radical (unpaired) electrons. The maximum Gasteiger partial charge on any atom is 0.493 e. The first-order chi connectivity index (χ1) is 24.4. The Morgan fingerprint density at radius 3 is 2.40 bits per heavy atom. The van der Waals surface area contributed by atoms with Crippen molar-refractivity contribution in [3.63, 3.8) is 0 Å². The lowest BCUT2D eigenvalue weighted by Crippen LogP contribution is -2.41. The van der Waals surface area contributed by atoms with Gasteiger partial charge >= 0.3 is 23.9 Å². The van der Waals surface area contributed by atoms with Crippen LogP contribution in [0.1, 0.15) is 56.3 Å². The molecule has 2 aromatic heterocycles. The summed E-state index contributed by atoms with van der Waals surface area (Å²) in [5.41, 5.74) is -0.752. The number of nitrogens with zero attached hydrogens (tertiary/aromatic N) is 6. The number of nitrogens with one attached hydrogen (secondary N) is 2. The number of aryl methyl sites for hydroxylation is 1. The van der Waals surface area contributed by atoms with Gasteiger partial charge in [0, 0.05) is 34.7 Å². The molecule has 2 N–H and O–H groups in total. The number of likely N-dealkylation sites (N-methyl/N-ethyl adjacent to an activating group) is 1. The quantitative estimate of drug-likeness (QED) is 0.134. The number of alkyl halides is 3. The zero-order valence-electron chi connectivity index (χ0n) is 29.0. The lowest BCUT2D eigenvalue weighted by molar-refractivity contribution is -0.234. The molecule has 0 saturated carbocycles. The van der Waals surface area contributed by atoms with Crippen molar-refractivity contribution in [1.29, 1.82) is 0 Å². The van der Waals surface area contributed by atoms with Crippen LogP contribution in [0.25, 0.3) is 5.95 Å². The van der Waals surface area contributed by atoms with E-state index in [-0.39, 0.29) is 46.0 Å². The van der Waals surface area contributed by atoms with Gasteiger partial charge in [0.15, 0.2) is 17.4 Å². The number of hydroxylamine groups is 2. The van der Waals surface area contributed by atoms with Gasteiger partial charge in [0.2, 0.25) is 0 Å². The lowest BCUT2D eigenvalue weighted by atomic mass is 10.00. The van der Waals surface area contributed by atoms with Crippen molar-refractivity contribution in [2.45, 2.75) is 58.5 Å². The molecule has 0 bridgehead atoms. The van der Waals surface area contributed by atoms with Gasteiger partial charge in [-0.2, -0.15) is 13.2 Å². The van der Waals surface area contributed by atoms with E-state index in [4.69, 9.17) is 9.47 Å². The van der Waals surface area contributed by atoms with Gasteiger partial charge in [0.1, 0.15) is 18.2 Å². The summed E-state index contributed by atoms with van der Waals surface area (Å²) >= 11 is 3.32.